The topological polar surface area (TPSA) is 55.0 Å². The SMILES string of the molecule is COc1ccc(Cc2nc3sc4c(c3c(=O)[nH]2)CCCC4)cc1F. The summed E-state index contributed by atoms with van der Waals surface area (Å²) in [5.41, 5.74) is 1.84. The molecule has 1 N–H and O–H groups in total. The van der Waals surface area contributed by atoms with E-state index in [1.54, 1.807) is 23.5 Å². The first kappa shape index (κ1) is 15.3. The maximum atomic E-state index is 13.8. The van der Waals surface area contributed by atoms with Gasteiger partial charge < -0.3 is 9.72 Å². The van der Waals surface area contributed by atoms with Gasteiger partial charge in [-0.2, -0.15) is 0 Å². The normalized spacial score (nSPS) is 13.9. The van der Waals surface area contributed by atoms with Crippen LogP contribution in [0.3, 0.4) is 0 Å². The van der Waals surface area contributed by atoms with E-state index >= 15 is 0 Å². The van der Waals surface area contributed by atoms with Gasteiger partial charge in [0.2, 0.25) is 0 Å². The van der Waals surface area contributed by atoms with Gasteiger partial charge in [0.15, 0.2) is 11.6 Å². The first-order chi connectivity index (χ1) is 11.7. The molecule has 124 valence electrons. The smallest absolute Gasteiger partial charge is 0.259 e. The van der Waals surface area contributed by atoms with Crippen molar-refractivity contribution in [2.45, 2.75) is 32.1 Å². The minimum Gasteiger partial charge on any atom is -0.494 e. The summed E-state index contributed by atoms with van der Waals surface area (Å²) < 4.78 is 18.8. The molecule has 0 aliphatic heterocycles. The van der Waals surface area contributed by atoms with Gasteiger partial charge in [-0.05, 0) is 48.9 Å². The zero-order valence-electron chi connectivity index (χ0n) is 13.3. The van der Waals surface area contributed by atoms with Crippen molar-refractivity contribution in [1.82, 2.24) is 9.97 Å². The highest BCUT2D eigenvalue weighted by Gasteiger charge is 2.19. The van der Waals surface area contributed by atoms with Gasteiger partial charge in [-0.3, -0.25) is 4.79 Å². The number of rotatable bonds is 3. The molecule has 0 unspecified atom stereocenters. The second-order valence-electron chi connectivity index (χ2n) is 6.05. The number of fused-ring (bicyclic) bond motifs is 3. The molecule has 24 heavy (non-hydrogen) atoms. The molecule has 0 atom stereocenters. The predicted octanol–water partition coefficient (Wildman–Crippen LogP) is 3.60. The lowest BCUT2D eigenvalue weighted by Gasteiger charge is -2.09. The summed E-state index contributed by atoms with van der Waals surface area (Å²) in [6, 6.07) is 4.79. The lowest BCUT2D eigenvalue weighted by atomic mass is 9.97. The van der Waals surface area contributed by atoms with Crippen molar-refractivity contribution in [3.63, 3.8) is 0 Å². The first-order valence-corrected chi connectivity index (χ1v) is 8.83. The van der Waals surface area contributed by atoms with Crippen molar-refractivity contribution >= 4 is 21.6 Å². The molecule has 4 nitrogen and oxygen atoms in total. The maximum Gasteiger partial charge on any atom is 0.259 e. The van der Waals surface area contributed by atoms with Gasteiger partial charge in [-0.1, -0.05) is 6.07 Å². The number of aromatic nitrogens is 2. The summed E-state index contributed by atoms with van der Waals surface area (Å²) >= 11 is 1.62. The summed E-state index contributed by atoms with van der Waals surface area (Å²) in [6.07, 6.45) is 4.69. The van der Waals surface area contributed by atoms with Crippen LogP contribution >= 0.6 is 11.3 Å². The van der Waals surface area contributed by atoms with E-state index < -0.39 is 5.82 Å². The number of nitrogens with zero attached hydrogens (tertiary/aromatic N) is 1. The number of aryl methyl sites for hydroxylation is 2. The molecule has 2 aromatic heterocycles. The molecule has 0 bridgehead atoms. The zero-order chi connectivity index (χ0) is 16.7. The molecule has 6 heteroatoms. The third kappa shape index (κ3) is 2.60. The summed E-state index contributed by atoms with van der Waals surface area (Å²) in [5.74, 6) is 0.363. The molecular weight excluding hydrogens is 327 g/mol. The van der Waals surface area contributed by atoms with Crippen molar-refractivity contribution in [3.05, 3.63) is 56.2 Å². The Balaban J connectivity index is 1.73. The average molecular weight is 344 g/mol. The van der Waals surface area contributed by atoms with E-state index in [4.69, 9.17) is 4.74 Å². The zero-order valence-corrected chi connectivity index (χ0v) is 14.1. The molecule has 0 spiro atoms. The van der Waals surface area contributed by atoms with Crippen LogP contribution in [0.5, 0.6) is 5.75 Å². The molecule has 3 aromatic rings. The largest absolute Gasteiger partial charge is 0.494 e. The number of H-pyrrole nitrogens is 1. The van der Waals surface area contributed by atoms with Crippen molar-refractivity contribution < 1.29 is 9.13 Å². The van der Waals surface area contributed by atoms with E-state index in [1.807, 2.05) is 0 Å². The van der Waals surface area contributed by atoms with Crippen LogP contribution in [-0.4, -0.2) is 17.1 Å². The van der Waals surface area contributed by atoms with Gasteiger partial charge in [0.1, 0.15) is 10.7 Å². The number of thiophene rings is 1. The van der Waals surface area contributed by atoms with Crippen molar-refractivity contribution in [2.75, 3.05) is 7.11 Å². The van der Waals surface area contributed by atoms with E-state index in [9.17, 15) is 9.18 Å². The fourth-order valence-corrected chi connectivity index (χ4v) is 4.59. The van der Waals surface area contributed by atoms with Crippen LogP contribution in [0.1, 0.15) is 34.7 Å². The van der Waals surface area contributed by atoms with Crippen LogP contribution in [0.2, 0.25) is 0 Å². The van der Waals surface area contributed by atoms with Crippen LogP contribution in [0.25, 0.3) is 10.2 Å². The Labute approximate surface area is 142 Å². The minimum atomic E-state index is -0.412. The van der Waals surface area contributed by atoms with Crippen molar-refractivity contribution in [1.29, 1.82) is 0 Å². The van der Waals surface area contributed by atoms with E-state index in [0.717, 1.165) is 35.0 Å². The Kier molecular flexibility index (Phi) is 3.84. The van der Waals surface area contributed by atoms with Crippen LogP contribution in [0.4, 0.5) is 4.39 Å². The molecule has 0 radical (unpaired) electrons. The predicted molar refractivity (Wildman–Crippen MR) is 92.6 cm³/mol. The summed E-state index contributed by atoms with van der Waals surface area (Å²) in [5, 5.41) is 0.749. The molecule has 0 fully saturated rings. The highest BCUT2D eigenvalue weighted by molar-refractivity contribution is 7.18. The fourth-order valence-electron chi connectivity index (χ4n) is 3.31. The number of hydrogen-bond donors (Lipinski definition) is 1. The Morgan fingerprint density at radius 3 is 2.96 bits per heavy atom. The van der Waals surface area contributed by atoms with Gasteiger partial charge >= 0.3 is 0 Å². The quantitative estimate of drug-likeness (QED) is 0.790. The second kappa shape index (κ2) is 6.02. The minimum absolute atomic E-state index is 0.0802. The highest BCUT2D eigenvalue weighted by Crippen LogP contribution is 2.33. The lowest BCUT2D eigenvalue weighted by Crippen LogP contribution is -2.13. The summed E-state index contributed by atoms with van der Waals surface area (Å²) in [6.45, 7) is 0. The third-order valence-electron chi connectivity index (χ3n) is 4.46. The lowest BCUT2D eigenvalue weighted by molar-refractivity contribution is 0.386. The van der Waals surface area contributed by atoms with Gasteiger partial charge in [0.25, 0.3) is 5.56 Å². The second-order valence-corrected chi connectivity index (χ2v) is 7.13. The third-order valence-corrected chi connectivity index (χ3v) is 5.65. The molecule has 0 amide bonds. The van der Waals surface area contributed by atoms with Crippen LogP contribution in [0.15, 0.2) is 23.0 Å². The number of hydrogen-bond acceptors (Lipinski definition) is 4. The van der Waals surface area contributed by atoms with E-state index in [1.165, 1.54) is 30.0 Å². The Bertz CT molecular complexity index is 977. The number of aromatic amines is 1. The molecule has 0 saturated carbocycles. The van der Waals surface area contributed by atoms with Crippen LogP contribution in [0, 0.1) is 5.82 Å². The molecule has 4 rings (SSSR count). The van der Waals surface area contributed by atoms with Gasteiger partial charge in [0, 0.05) is 11.3 Å². The van der Waals surface area contributed by atoms with Crippen molar-refractivity contribution in [3.8, 4) is 5.75 Å². The Morgan fingerprint density at radius 1 is 1.33 bits per heavy atom. The van der Waals surface area contributed by atoms with Crippen LogP contribution < -0.4 is 10.3 Å². The van der Waals surface area contributed by atoms with Gasteiger partial charge in [-0.25, -0.2) is 9.37 Å². The summed E-state index contributed by atoms with van der Waals surface area (Å²) in [4.78, 5) is 22.1. The van der Waals surface area contributed by atoms with Crippen LogP contribution in [-0.2, 0) is 19.3 Å². The number of halogens is 1. The molecular formula is C18H17FN2O2S. The Morgan fingerprint density at radius 2 is 2.17 bits per heavy atom. The van der Waals surface area contributed by atoms with E-state index in [-0.39, 0.29) is 11.3 Å². The monoisotopic (exact) mass is 344 g/mol. The van der Waals surface area contributed by atoms with Crippen molar-refractivity contribution in [2.24, 2.45) is 0 Å². The molecule has 0 saturated heterocycles. The standard InChI is InChI=1S/C18H17FN2O2S/c1-23-13-7-6-10(8-12(13)19)9-15-20-17(22)16-11-4-2-3-5-14(11)24-18(16)21-15/h6-8H,2-5,9H2,1H3,(H,20,21,22). The molecule has 2 heterocycles. The first-order valence-electron chi connectivity index (χ1n) is 8.01. The molecule has 1 aliphatic carbocycles. The fraction of sp³-hybridized carbons (Fsp3) is 0.333. The number of nitrogens with one attached hydrogen (secondary N) is 1. The Hall–Kier alpha value is -2.21. The summed E-state index contributed by atoms with van der Waals surface area (Å²) in [7, 11) is 1.43. The van der Waals surface area contributed by atoms with E-state index in [2.05, 4.69) is 9.97 Å². The van der Waals surface area contributed by atoms with Gasteiger partial charge in [0.05, 0.1) is 12.5 Å². The molecule has 1 aromatic carbocycles. The number of ether oxygens (including phenoxy) is 1. The van der Waals surface area contributed by atoms with E-state index in [0.29, 0.717) is 12.2 Å². The number of methoxy groups -OCH3 is 1. The van der Waals surface area contributed by atoms with Gasteiger partial charge in [-0.15, -0.1) is 11.3 Å². The highest BCUT2D eigenvalue weighted by atomic mass is 32.1. The maximum absolute atomic E-state index is 13.8. The molecule has 1 aliphatic rings. The number of benzene rings is 1. The average Bonchev–Trinajstić information content (AvgIpc) is 2.93.